The molecule has 1 rings (SSSR count). The fourth-order valence-electron chi connectivity index (χ4n) is 1.33. The van der Waals surface area contributed by atoms with Gasteiger partial charge in [0.15, 0.2) is 0 Å². The van der Waals surface area contributed by atoms with E-state index in [2.05, 4.69) is 0 Å². The van der Waals surface area contributed by atoms with Crippen LogP contribution in [-0.2, 0) is 4.79 Å². The first kappa shape index (κ1) is 9.45. The highest BCUT2D eigenvalue weighted by Gasteiger charge is 2.33. The highest BCUT2D eigenvalue weighted by molar-refractivity contribution is 6.27. The van der Waals surface area contributed by atoms with Gasteiger partial charge in [-0.25, -0.2) is 4.39 Å². The van der Waals surface area contributed by atoms with Crippen LogP contribution >= 0.6 is 11.6 Å². The lowest BCUT2D eigenvalue weighted by atomic mass is 10.2. The number of nitrogens with one attached hydrogen (secondary N) is 1. The Morgan fingerprint density at radius 1 is 1.83 bits per heavy atom. The Labute approximate surface area is 75.0 Å². The molecule has 2 atom stereocenters. The Balaban J connectivity index is 2.63. The summed E-state index contributed by atoms with van der Waals surface area (Å²) in [6.07, 6.45) is 0.305. The van der Waals surface area contributed by atoms with E-state index in [1.807, 2.05) is 0 Å². The van der Waals surface area contributed by atoms with Crippen molar-refractivity contribution in [3.05, 3.63) is 0 Å². The molecule has 0 bridgehead atoms. The SMILES string of the molecule is N=C[C@@H]1C[C@H](F)CN1C(=O)CCl. The van der Waals surface area contributed by atoms with Crippen LogP contribution in [0, 0.1) is 5.41 Å². The average Bonchev–Trinajstić information content (AvgIpc) is 2.45. The lowest BCUT2D eigenvalue weighted by Crippen LogP contribution is -2.37. The zero-order valence-electron chi connectivity index (χ0n) is 6.46. The lowest BCUT2D eigenvalue weighted by molar-refractivity contribution is -0.128. The van der Waals surface area contributed by atoms with Gasteiger partial charge in [-0.3, -0.25) is 4.79 Å². The predicted molar refractivity (Wildman–Crippen MR) is 44.5 cm³/mol. The lowest BCUT2D eigenvalue weighted by Gasteiger charge is -2.19. The molecule has 0 saturated carbocycles. The number of hydrogen-bond acceptors (Lipinski definition) is 2. The summed E-state index contributed by atoms with van der Waals surface area (Å²) in [5, 5.41) is 6.96. The number of alkyl halides is 2. The van der Waals surface area contributed by atoms with Gasteiger partial charge in [-0.2, -0.15) is 0 Å². The third kappa shape index (κ3) is 1.75. The summed E-state index contributed by atoms with van der Waals surface area (Å²) in [6, 6.07) is -0.397. The summed E-state index contributed by atoms with van der Waals surface area (Å²) in [7, 11) is 0. The number of carbonyl (C=O) groups excluding carboxylic acids is 1. The van der Waals surface area contributed by atoms with Crippen LogP contribution in [0.4, 0.5) is 4.39 Å². The van der Waals surface area contributed by atoms with Crippen molar-refractivity contribution in [2.75, 3.05) is 12.4 Å². The Hall–Kier alpha value is -0.640. The van der Waals surface area contributed by atoms with Gasteiger partial charge in [0.05, 0.1) is 12.6 Å². The third-order valence-electron chi connectivity index (χ3n) is 1.92. The van der Waals surface area contributed by atoms with Gasteiger partial charge in [0.2, 0.25) is 5.91 Å². The second kappa shape index (κ2) is 3.85. The molecule has 0 spiro atoms. The van der Waals surface area contributed by atoms with Gasteiger partial charge in [0, 0.05) is 12.6 Å². The van der Waals surface area contributed by atoms with Gasteiger partial charge in [-0.05, 0) is 0 Å². The fourth-order valence-corrected chi connectivity index (χ4v) is 1.49. The molecule has 0 unspecified atom stereocenters. The normalized spacial score (nSPS) is 29.0. The fraction of sp³-hybridized carbons (Fsp3) is 0.714. The van der Waals surface area contributed by atoms with Crippen molar-refractivity contribution in [3.63, 3.8) is 0 Å². The molecule has 12 heavy (non-hydrogen) atoms. The molecule has 1 aliphatic heterocycles. The minimum Gasteiger partial charge on any atom is -0.331 e. The van der Waals surface area contributed by atoms with E-state index in [9.17, 15) is 9.18 Å². The first-order valence-corrected chi connectivity index (χ1v) is 4.22. The largest absolute Gasteiger partial charge is 0.331 e. The van der Waals surface area contributed by atoms with E-state index in [1.54, 1.807) is 0 Å². The number of hydrogen-bond donors (Lipinski definition) is 1. The minimum absolute atomic E-state index is 0.0750. The zero-order valence-corrected chi connectivity index (χ0v) is 7.22. The summed E-state index contributed by atoms with van der Waals surface area (Å²) in [5.74, 6) is -0.442. The van der Waals surface area contributed by atoms with Gasteiger partial charge < -0.3 is 10.3 Å². The van der Waals surface area contributed by atoms with Crippen LogP contribution in [0.25, 0.3) is 0 Å². The molecule has 1 amide bonds. The smallest absolute Gasteiger partial charge is 0.238 e. The molecule has 1 fully saturated rings. The Bertz CT molecular complexity index is 200. The second-order valence-corrected chi connectivity index (χ2v) is 3.01. The third-order valence-corrected chi connectivity index (χ3v) is 2.15. The van der Waals surface area contributed by atoms with E-state index in [1.165, 1.54) is 4.90 Å². The van der Waals surface area contributed by atoms with Crippen LogP contribution in [0.5, 0.6) is 0 Å². The highest BCUT2D eigenvalue weighted by Crippen LogP contribution is 2.19. The van der Waals surface area contributed by atoms with Crippen molar-refractivity contribution in [1.82, 2.24) is 4.90 Å². The summed E-state index contributed by atoms with van der Waals surface area (Å²) in [4.78, 5) is 12.4. The van der Waals surface area contributed by atoms with E-state index >= 15 is 0 Å². The molecule has 0 aliphatic carbocycles. The van der Waals surface area contributed by atoms with E-state index < -0.39 is 12.2 Å². The molecular formula is C7H10ClFN2O. The van der Waals surface area contributed by atoms with Crippen LogP contribution < -0.4 is 0 Å². The molecular weight excluding hydrogens is 183 g/mol. The molecule has 5 heteroatoms. The maximum Gasteiger partial charge on any atom is 0.238 e. The Kier molecular flexibility index (Phi) is 3.03. The van der Waals surface area contributed by atoms with Crippen molar-refractivity contribution < 1.29 is 9.18 Å². The van der Waals surface area contributed by atoms with Gasteiger partial charge in [0.25, 0.3) is 0 Å². The first-order valence-electron chi connectivity index (χ1n) is 3.69. The van der Waals surface area contributed by atoms with Crippen molar-refractivity contribution in [3.8, 4) is 0 Å². The molecule has 1 heterocycles. The molecule has 1 aliphatic rings. The predicted octanol–water partition coefficient (Wildman–Crippen LogP) is 0.814. The summed E-state index contributed by atoms with van der Waals surface area (Å²) < 4.78 is 12.8. The Morgan fingerprint density at radius 2 is 2.50 bits per heavy atom. The minimum atomic E-state index is -1.01. The summed E-state index contributed by atoms with van der Waals surface area (Å²) >= 11 is 5.31. The molecule has 1 saturated heterocycles. The Morgan fingerprint density at radius 3 is 3.00 bits per heavy atom. The maximum atomic E-state index is 12.8. The van der Waals surface area contributed by atoms with Gasteiger partial charge >= 0.3 is 0 Å². The molecule has 0 aromatic rings. The van der Waals surface area contributed by atoms with Crippen molar-refractivity contribution in [1.29, 1.82) is 5.41 Å². The van der Waals surface area contributed by atoms with Gasteiger partial charge in [-0.15, -0.1) is 11.6 Å². The molecule has 3 nitrogen and oxygen atoms in total. The number of amides is 1. The number of likely N-dealkylation sites (tertiary alicyclic amines) is 1. The maximum absolute atomic E-state index is 12.8. The average molecular weight is 193 g/mol. The molecule has 68 valence electrons. The number of halogens is 2. The van der Waals surface area contributed by atoms with Crippen molar-refractivity contribution >= 4 is 23.7 Å². The first-order chi connectivity index (χ1) is 5.69. The van der Waals surface area contributed by atoms with Crippen molar-refractivity contribution in [2.24, 2.45) is 0 Å². The topological polar surface area (TPSA) is 44.2 Å². The van der Waals surface area contributed by atoms with Crippen LogP contribution in [0.3, 0.4) is 0 Å². The summed E-state index contributed by atoms with van der Waals surface area (Å²) in [6.45, 7) is 0.0750. The van der Waals surface area contributed by atoms with Crippen LogP contribution in [0.1, 0.15) is 6.42 Å². The molecule has 0 aromatic carbocycles. The second-order valence-electron chi connectivity index (χ2n) is 2.75. The summed E-state index contributed by atoms with van der Waals surface area (Å²) in [5.41, 5.74) is 0. The van der Waals surface area contributed by atoms with Gasteiger partial charge in [0.1, 0.15) is 12.1 Å². The molecule has 0 radical (unpaired) electrons. The molecule has 0 aromatic heterocycles. The number of carbonyl (C=O) groups is 1. The van der Waals surface area contributed by atoms with E-state index in [-0.39, 0.29) is 24.8 Å². The highest BCUT2D eigenvalue weighted by atomic mass is 35.5. The number of rotatable bonds is 2. The van der Waals surface area contributed by atoms with Crippen LogP contribution in [0.15, 0.2) is 0 Å². The van der Waals surface area contributed by atoms with Crippen molar-refractivity contribution in [2.45, 2.75) is 18.6 Å². The standard InChI is InChI=1S/C7H10ClFN2O/c8-2-7(12)11-4-5(9)1-6(11)3-10/h3,5-6,10H,1-2,4H2/t5-,6-/m0/s1. The monoisotopic (exact) mass is 192 g/mol. The quantitative estimate of drug-likeness (QED) is 0.511. The van der Waals surface area contributed by atoms with Crippen LogP contribution in [0.2, 0.25) is 0 Å². The van der Waals surface area contributed by atoms with E-state index in [0.717, 1.165) is 6.21 Å². The molecule has 1 N–H and O–H groups in total. The zero-order chi connectivity index (χ0) is 9.14. The van der Waals surface area contributed by atoms with E-state index in [0.29, 0.717) is 0 Å². The van der Waals surface area contributed by atoms with E-state index in [4.69, 9.17) is 17.0 Å². The van der Waals surface area contributed by atoms with Crippen LogP contribution in [-0.4, -0.2) is 41.7 Å². The van der Waals surface area contributed by atoms with Gasteiger partial charge in [-0.1, -0.05) is 0 Å². The number of nitrogens with zero attached hydrogens (tertiary/aromatic N) is 1.